The number of nitro benzene ring substituents is 1. The molecule has 31 heavy (non-hydrogen) atoms. The van der Waals surface area contributed by atoms with Crippen molar-refractivity contribution >= 4 is 28.8 Å². The maximum absolute atomic E-state index is 13.0. The standard InChI is InChI=1S/C24H18N2O5/c1-15-7-11-18(12-8-15)25-21(16-9-13-19(14-10-16)26(30)31)20(23(28)24(25)29)22(27)17-5-3-2-4-6-17/h2-14,21,27H,1H3/t21-/m1/s1. The third-order valence-electron chi connectivity index (χ3n) is 5.22. The van der Waals surface area contributed by atoms with Gasteiger partial charge in [0.05, 0.1) is 16.5 Å². The largest absolute Gasteiger partial charge is 0.507 e. The molecule has 3 aromatic rings. The van der Waals surface area contributed by atoms with E-state index >= 15 is 0 Å². The molecule has 0 aromatic heterocycles. The third-order valence-corrected chi connectivity index (χ3v) is 5.22. The molecule has 1 saturated heterocycles. The van der Waals surface area contributed by atoms with Gasteiger partial charge in [0, 0.05) is 23.4 Å². The SMILES string of the molecule is Cc1ccc(N2C(=O)C(=O)C(=C(O)c3ccccc3)[C@H]2c2ccc([N+](=O)[O-])cc2)cc1. The summed E-state index contributed by atoms with van der Waals surface area (Å²) in [7, 11) is 0. The number of aliphatic hydroxyl groups is 1. The summed E-state index contributed by atoms with van der Waals surface area (Å²) in [5.41, 5.74) is 2.17. The van der Waals surface area contributed by atoms with Gasteiger partial charge in [0.2, 0.25) is 0 Å². The van der Waals surface area contributed by atoms with Crippen molar-refractivity contribution in [1.29, 1.82) is 0 Å². The number of benzene rings is 3. The fraction of sp³-hybridized carbons (Fsp3) is 0.0833. The molecule has 0 bridgehead atoms. The van der Waals surface area contributed by atoms with Crippen molar-refractivity contribution in [3.63, 3.8) is 0 Å². The Morgan fingerprint density at radius 1 is 0.935 bits per heavy atom. The lowest BCUT2D eigenvalue weighted by Crippen LogP contribution is -2.29. The highest BCUT2D eigenvalue weighted by atomic mass is 16.6. The fourth-order valence-electron chi connectivity index (χ4n) is 3.65. The number of carbonyl (C=O) groups is 2. The minimum atomic E-state index is -0.927. The number of carbonyl (C=O) groups excluding carboxylic acids is 2. The van der Waals surface area contributed by atoms with E-state index in [4.69, 9.17) is 0 Å². The van der Waals surface area contributed by atoms with Gasteiger partial charge in [-0.05, 0) is 36.8 Å². The molecule has 4 rings (SSSR count). The van der Waals surface area contributed by atoms with E-state index in [1.54, 1.807) is 42.5 Å². The molecule has 7 heteroatoms. The van der Waals surface area contributed by atoms with E-state index in [1.165, 1.54) is 29.2 Å². The van der Waals surface area contributed by atoms with Gasteiger partial charge in [-0.25, -0.2) is 0 Å². The second-order valence-electron chi connectivity index (χ2n) is 7.22. The van der Waals surface area contributed by atoms with E-state index < -0.39 is 22.7 Å². The number of hydrogen-bond donors (Lipinski definition) is 1. The van der Waals surface area contributed by atoms with Crippen LogP contribution in [0.15, 0.2) is 84.4 Å². The van der Waals surface area contributed by atoms with E-state index in [-0.39, 0.29) is 17.0 Å². The average molecular weight is 414 g/mol. The number of rotatable bonds is 4. The molecule has 1 aliphatic heterocycles. The Balaban J connectivity index is 1.93. The zero-order valence-electron chi connectivity index (χ0n) is 16.6. The molecule has 1 fully saturated rings. The number of Topliss-reactive ketones (excluding diaryl/α,β-unsaturated/α-hetero) is 1. The third kappa shape index (κ3) is 3.57. The molecule has 1 atom stereocenters. The zero-order valence-corrected chi connectivity index (χ0v) is 16.6. The first-order valence-electron chi connectivity index (χ1n) is 9.56. The molecular formula is C24H18N2O5. The molecule has 0 saturated carbocycles. The Labute approximate surface area is 178 Å². The second kappa shape index (κ2) is 7.87. The van der Waals surface area contributed by atoms with Gasteiger partial charge in [-0.3, -0.25) is 24.6 Å². The van der Waals surface area contributed by atoms with Crippen molar-refractivity contribution in [3.05, 3.63) is 111 Å². The number of non-ortho nitro benzene ring substituents is 1. The second-order valence-corrected chi connectivity index (χ2v) is 7.22. The number of amides is 1. The van der Waals surface area contributed by atoms with Crippen molar-refractivity contribution in [3.8, 4) is 0 Å². The minimum absolute atomic E-state index is 0.0642. The predicted molar refractivity (Wildman–Crippen MR) is 116 cm³/mol. The van der Waals surface area contributed by atoms with Crippen LogP contribution in [0.5, 0.6) is 0 Å². The van der Waals surface area contributed by atoms with Crippen LogP contribution in [0.4, 0.5) is 11.4 Å². The van der Waals surface area contributed by atoms with Crippen molar-refractivity contribution in [2.24, 2.45) is 0 Å². The summed E-state index contributed by atoms with van der Waals surface area (Å²) in [4.78, 5) is 37.9. The van der Waals surface area contributed by atoms with Gasteiger partial charge in [-0.2, -0.15) is 0 Å². The molecule has 0 spiro atoms. The average Bonchev–Trinajstić information content (AvgIpc) is 3.05. The minimum Gasteiger partial charge on any atom is -0.507 e. The molecule has 1 heterocycles. The van der Waals surface area contributed by atoms with Crippen LogP contribution in [0.25, 0.3) is 5.76 Å². The lowest BCUT2D eigenvalue weighted by Gasteiger charge is -2.25. The molecule has 1 aliphatic rings. The quantitative estimate of drug-likeness (QED) is 0.222. The maximum Gasteiger partial charge on any atom is 0.300 e. The number of anilines is 1. The van der Waals surface area contributed by atoms with E-state index in [9.17, 15) is 24.8 Å². The zero-order chi connectivity index (χ0) is 22.1. The fourth-order valence-corrected chi connectivity index (χ4v) is 3.65. The van der Waals surface area contributed by atoms with Crippen LogP contribution in [0.3, 0.4) is 0 Å². The first-order valence-corrected chi connectivity index (χ1v) is 9.56. The van der Waals surface area contributed by atoms with Crippen LogP contribution in [0, 0.1) is 17.0 Å². The molecule has 7 nitrogen and oxygen atoms in total. The van der Waals surface area contributed by atoms with E-state index in [2.05, 4.69) is 0 Å². The van der Waals surface area contributed by atoms with Crippen molar-refractivity contribution in [1.82, 2.24) is 0 Å². The van der Waals surface area contributed by atoms with Gasteiger partial charge in [-0.15, -0.1) is 0 Å². The van der Waals surface area contributed by atoms with Crippen LogP contribution in [-0.2, 0) is 9.59 Å². The molecule has 0 unspecified atom stereocenters. The van der Waals surface area contributed by atoms with Gasteiger partial charge in [-0.1, -0.05) is 48.0 Å². The maximum atomic E-state index is 13.0. The molecule has 154 valence electrons. The lowest BCUT2D eigenvalue weighted by molar-refractivity contribution is -0.384. The monoisotopic (exact) mass is 414 g/mol. The topological polar surface area (TPSA) is 101 Å². The van der Waals surface area contributed by atoms with E-state index in [1.807, 2.05) is 19.1 Å². The Hall–Kier alpha value is -4.26. The van der Waals surface area contributed by atoms with Crippen LogP contribution >= 0.6 is 0 Å². The highest BCUT2D eigenvalue weighted by Crippen LogP contribution is 2.42. The highest BCUT2D eigenvalue weighted by molar-refractivity contribution is 6.51. The van der Waals surface area contributed by atoms with Gasteiger partial charge < -0.3 is 5.11 Å². The van der Waals surface area contributed by atoms with Gasteiger partial charge in [0.1, 0.15) is 5.76 Å². The summed E-state index contributed by atoms with van der Waals surface area (Å²) in [5, 5.41) is 22.0. The summed E-state index contributed by atoms with van der Waals surface area (Å²) in [5.74, 6) is -1.88. The molecule has 3 aromatic carbocycles. The van der Waals surface area contributed by atoms with Crippen LogP contribution in [0.2, 0.25) is 0 Å². The Kier molecular flexibility index (Phi) is 5.09. The molecule has 0 radical (unpaired) electrons. The smallest absolute Gasteiger partial charge is 0.300 e. The number of ketones is 1. The summed E-state index contributed by atoms with van der Waals surface area (Å²) in [6, 6.07) is 20.3. The van der Waals surface area contributed by atoms with Crippen molar-refractivity contribution in [2.45, 2.75) is 13.0 Å². The van der Waals surface area contributed by atoms with Crippen molar-refractivity contribution < 1.29 is 19.6 Å². The Morgan fingerprint density at radius 3 is 2.13 bits per heavy atom. The number of nitrogens with zero attached hydrogens (tertiary/aromatic N) is 2. The molecular weight excluding hydrogens is 396 g/mol. The lowest BCUT2D eigenvalue weighted by atomic mass is 9.95. The van der Waals surface area contributed by atoms with E-state index in [0.717, 1.165) is 5.56 Å². The molecule has 1 N–H and O–H groups in total. The van der Waals surface area contributed by atoms with E-state index in [0.29, 0.717) is 16.8 Å². The number of aliphatic hydroxyl groups excluding tert-OH is 1. The number of hydrogen-bond acceptors (Lipinski definition) is 5. The van der Waals surface area contributed by atoms with Crippen LogP contribution in [-0.4, -0.2) is 21.7 Å². The summed E-state index contributed by atoms with van der Waals surface area (Å²) in [6.07, 6.45) is 0. The molecule has 1 amide bonds. The molecule has 0 aliphatic carbocycles. The first-order chi connectivity index (χ1) is 14.9. The summed E-state index contributed by atoms with van der Waals surface area (Å²) in [6.45, 7) is 1.90. The van der Waals surface area contributed by atoms with Crippen LogP contribution < -0.4 is 4.90 Å². The van der Waals surface area contributed by atoms with Crippen molar-refractivity contribution in [2.75, 3.05) is 4.90 Å². The Morgan fingerprint density at radius 2 is 1.55 bits per heavy atom. The number of aryl methyl sites for hydroxylation is 1. The van der Waals surface area contributed by atoms with Crippen LogP contribution in [0.1, 0.15) is 22.7 Å². The number of nitro groups is 1. The van der Waals surface area contributed by atoms with Gasteiger partial charge >= 0.3 is 0 Å². The predicted octanol–water partition coefficient (Wildman–Crippen LogP) is 4.53. The first kappa shape index (κ1) is 20.0. The Bertz CT molecular complexity index is 1200. The highest BCUT2D eigenvalue weighted by Gasteiger charge is 2.47. The van der Waals surface area contributed by atoms with Gasteiger partial charge in [0.25, 0.3) is 17.4 Å². The van der Waals surface area contributed by atoms with Gasteiger partial charge in [0.15, 0.2) is 0 Å². The normalized spacial score (nSPS) is 17.7. The summed E-state index contributed by atoms with van der Waals surface area (Å²) < 4.78 is 0. The summed E-state index contributed by atoms with van der Waals surface area (Å²) >= 11 is 0.